The smallest absolute Gasteiger partial charge is 0.269 e. The molecule has 59 heavy (non-hydrogen) atoms. The number of aliphatic hydroxyl groups is 1. The second-order valence-electron chi connectivity index (χ2n) is 16.0. The summed E-state index contributed by atoms with van der Waals surface area (Å²) in [6.07, 6.45) is 3.19. The van der Waals surface area contributed by atoms with Gasteiger partial charge in [0.15, 0.2) is 5.60 Å². The molecule has 14 nitrogen and oxygen atoms in total. The average molecular weight is 814 g/mol. The molecule has 304 valence electrons. The van der Waals surface area contributed by atoms with Gasteiger partial charge in [0.1, 0.15) is 5.75 Å². The Kier molecular flexibility index (Phi) is 10.8. The van der Waals surface area contributed by atoms with Gasteiger partial charge >= 0.3 is 0 Å². The Labute approximate surface area is 343 Å². The normalized spacial score (nSPS) is 21.6. The second kappa shape index (κ2) is 16.0. The number of aliphatic hydroxyl groups excluding tert-OH is 1. The molecule has 1 fully saturated rings. The van der Waals surface area contributed by atoms with Crippen molar-refractivity contribution in [2.75, 3.05) is 23.6 Å². The zero-order valence-corrected chi connectivity index (χ0v) is 34.5. The fraction of sp³-hybridized carbons (Fsp3) is 0.341. The molecular weight excluding hydrogens is 767 g/mol. The zero-order valence-electron chi connectivity index (χ0n) is 33.5. The lowest BCUT2D eigenvalue weighted by Gasteiger charge is -2.37. The van der Waals surface area contributed by atoms with Crippen LogP contribution in [-0.4, -0.2) is 70.4 Å². The molecule has 1 saturated heterocycles. The van der Waals surface area contributed by atoms with E-state index in [1.807, 2.05) is 72.9 Å². The molecule has 0 unspecified atom stereocenters. The predicted octanol–water partition coefficient (Wildman–Crippen LogP) is 6.11. The van der Waals surface area contributed by atoms with Gasteiger partial charge in [-0.1, -0.05) is 85.0 Å². The van der Waals surface area contributed by atoms with Gasteiger partial charge in [-0.25, -0.2) is 5.01 Å². The van der Waals surface area contributed by atoms with E-state index in [0.29, 0.717) is 54.9 Å². The fourth-order valence-electron chi connectivity index (χ4n) is 9.30. The van der Waals surface area contributed by atoms with E-state index in [1.54, 1.807) is 22.8 Å². The molecule has 15 heteroatoms. The van der Waals surface area contributed by atoms with Crippen LogP contribution in [0.2, 0.25) is 18.6 Å². The van der Waals surface area contributed by atoms with Gasteiger partial charge < -0.3 is 19.5 Å². The number of rotatable bonds is 13. The van der Waals surface area contributed by atoms with Gasteiger partial charge in [-0.3, -0.25) is 24.4 Å². The molecule has 0 aliphatic carbocycles. The first-order chi connectivity index (χ1) is 28.4. The number of anilines is 2. The maximum atomic E-state index is 15.3. The Morgan fingerprint density at radius 1 is 1.00 bits per heavy atom. The molecule has 4 atom stereocenters. The zero-order chi connectivity index (χ0) is 41.5. The highest BCUT2D eigenvalue weighted by Gasteiger charge is 2.66. The van der Waals surface area contributed by atoms with Gasteiger partial charge in [-0.2, -0.15) is 5.10 Å². The molecule has 5 aromatic rings. The third-order valence-electron chi connectivity index (χ3n) is 12.3. The van der Waals surface area contributed by atoms with Gasteiger partial charge in [0, 0.05) is 62.2 Å². The van der Waals surface area contributed by atoms with Crippen LogP contribution in [0.5, 0.6) is 5.75 Å². The number of methoxy groups -OCH3 is 1. The number of aryl methyl sites for hydroxylation is 1. The van der Waals surface area contributed by atoms with E-state index in [-0.39, 0.29) is 42.1 Å². The molecule has 3 aliphatic heterocycles. The highest BCUT2D eigenvalue weighted by Crippen LogP contribution is 2.60. The molecule has 8 rings (SSSR count). The largest absolute Gasteiger partial charge is 0.497 e. The van der Waals surface area contributed by atoms with Gasteiger partial charge in [-0.15, -0.1) is 5.10 Å². The molecular formula is C44H47N7O7Si. The summed E-state index contributed by atoms with van der Waals surface area (Å²) >= 11 is 0. The highest BCUT2D eigenvalue weighted by atomic mass is 28.3. The van der Waals surface area contributed by atoms with Crippen molar-refractivity contribution in [2.24, 2.45) is 11.0 Å². The Morgan fingerprint density at radius 3 is 2.44 bits per heavy atom. The van der Waals surface area contributed by atoms with Crippen LogP contribution in [0.15, 0.2) is 108 Å². The molecule has 0 bridgehead atoms. The minimum absolute atomic E-state index is 0.0369. The van der Waals surface area contributed by atoms with E-state index in [9.17, 15) is 20.0 Å². The van der Waals surface area contributed by atoms with E-state index in [4.69, 9.17) is 14.6 Å². The van der Waals surface area contributed by atoms with E-state index in [0.717, 1.165) is 22.6 Å². The van der Waals surface area contributed by atoms with Crippen LogP contribution in [0.4, 0.5) is 17.1 Å². The minimum atomic E-state index is -2.49. The van der Waals surface area contributed by atoms with Crippen molar-refractivity contribution in [3.05, 3.63) is 136 Å². The average Bonchev–Trinajstić information content (AvgIpc) is 3.90. The van der Waals surface area contributed by atoms with E-state index < -0.39 is 24.7 Å². The maximum absolute atomic E-state index is 15.3. The van der Waals surface area contributed by atoms with Gasteiger partial charge in [0.2, 0.25) is 5.91 Å². The number of nitro groups is 1. The van der Waals surface area contributed by atoms with Crippen LogP contribution in [0.1, 0.15) is 48.6 Å². The summed E-state index contributed by atoms with van der Waals surface area (Å²) in [5.74, 6) is -0.00265. The standard InChI is InChI=1S/C44H47N7O7Si/c1-29-42(59(3,4)36-17-15-35(57-2)16-18-36)40(22-24-48-28-32(23-25-52)45-47-48)58-44(29)37-26-34(51(55)56)14-20-39(37)49(43(44)54)27-30-10-12-33(13-11-30)50-41(53)21-19-38(46-50)31-8-6-5-7-9-31/h5-18,20,26,28-29,40,42,52H,19,21-25,27H2,1-4H3/t29-,40+,42-,44+/m1/s1. The Hall–Kier alpha value is -6.03. The van der Waals surface area contributed by atoms with Crippen molar-refractivity contribution >= 4 is 47.8 Å². The summed E-state index contributed by atoms with van der Waals surface area (Å²) in [5, 5.41) is 37.5. The van der Waals surface area contributed by atoms with Crippen LogP contribution in [0, 0.1) is 16.0 Å². The van der Waals surface area contributed by atoms with Crippen molar-refractivity contribution in [3.63, 3.8) is 0 Å². The quantitative estimate of drug-likeness (QED) is 0.0839. The predicted molar refractivity (Wildman–Crippen MR) is 225 cm³/mol. The third-order valence-corrected chi connectivity index (χ3v) is 16.6. The summed E-state index contributed by atoms with van der Waals surface area (Å²) in [7, 11) is -0.858. The Balaban J connectivity index is 1.14. The molecule has 4 heterocycles. The number of amides is 2. The number of nitrogens with zero attached hydrogens (tertiary/aromatic N) is 7. The number of non-ortho nitro benzene ring substituents is 1. The van der Waals surface area contributed by atoms with Crippen LogP contribution in [0.25, 0.3) is 0 Å². The van der Waals surface area contributed by atoms with Crippen LogP contribution < -0.4 is 19.8 Å². The Bertz CT molecular complexity index is 2400. The Morgan fingerprint density at radius 2 is 1.75 bits per heavy atom. The van der Waals surface area contributed by atoms with Gasteiger partial charge in [-0.05, 0) is 53.4 Å². The molecule has 2 amide bonds. The number of hydrazone groups is 1. The lowest BCUT2D eigenvalue weighted by molar-refractivity contribution is -0.385. The van der Waals surface area contributed by atoms with Crippen molar-refractivity contribution < 1.29 is 29.1 Å². The topological polar surface area (TPSA) is 166 Å². The van der Waals surface area contributed by atoms with Crippen LogP contribution in [0.3, 0.4) is 0 Å². The first-order valence-electron chi connectivity index (χ1n) is 19.9. The monoisotopic (exact) mass is 813 g/mol. The number of carbonyl (C=O) groups excluding carboxylic acids is 2. The summed E-state index contributed by atoms with van der Waals surface area (Å²) in [6, 6.07) is 29.9. The summed E-state index contributed by atoms with van der Waals surface area (Å²) < 4.78 is 14.4. The number of aromatic nitrogens is 3. The first-order valence-corrected chi connectivity index (χ1v) is 23.0. The SMILES string of the molecule is COc1ccc([Si](C)(C)[C@H]2[C@H](CCn3cc(CCO)nn3)O[C@@]3(C(=O)N(Cc4ccc(N5N=C(c6ccccc6)CCC5=O)cc4)c4ccc([N+](=O)[O-])cc43)[C@@H]2C)cc1. The fourth-order valence-corrected chi connectivity index (χ4v) is 13.4. The van der Waals surface area contributed by atoms with E-state index >= 15 is 4.79 Å². The number of hydrogen-bond acceptors (Lipinski definition) is 10. The minimum Gasteiger partial charge on any atom is -0.497 e. The molecule has 0 saturated carbocycles. The molecule has 1 N–H and O–H groups in total. The van der Waals surface area contributed by atoms with Crippen LogP contribution >= 0.6 is 0 Å². The molecule has 4 aromatic carbocycles. The summed E-state index contributed by atoms with van der Waals surface area (Å²) in [5.41, 5.74) is 3.23. The maximum Gasteiger partial charge on any atom is 0.269 e. The molecule has 1 aromatic heterocycles. The lowest BCUT2D eigenvalue weighted by atomic mass is 9.82. The van der Waals surface area contributed by atoms with Crippen molar-refractivity contribution in [1.82, 2.24) is 15.0 Å². The van der Waals surface area contributed by atoms with Crippen LogP contribution in [-0.2, 0) is 39.4 Å². The number of fused-ring (bicyclic) bond motifs is 2. The van der Waals surface area contributed by atoms with E-state index in [1.165, 1.54) is 22.3 Å². The van der Waals surface area contributed by atoms with Crippen molar-refractivity contribution in [3.8, 4) is 5.75 Å². The number of benzene rings is 4. The first kappa shape index (κ1) is 39.8. The van der Waals surface area contributed by atoms with Gasteiger partial charge in [0.05, 0.1) is 55.5 Å². The van der Waals surface area contributed by atoms with Crippen molar-refractivity contribution in [1.29, 1.82) is 0 Å². The summed E-state index contributed by atoms with van der Waals surface area (Å²) in [6.45, 7) is 7.22. The number of carbonyl (C=O) groups is 2. The number of nitro benzene ring substituents is 1. The van der Waals surface area contributed by atoms with Gasteiger partial charge in [0.25, 0.3) is 11.6 Å². The number of hydrogen-bond donors (Lipinski definition) is 1. The molecule has 0 radical (unpaired) electrons. The number of ether oxygens (including phenoxy) is 2. The lowest BCUT2D eigenvalue weighted by Crippen LogP contribution is -2.51. The molecule has 1 spiro atoms. The second-order valence-corrected chi connectivity index (χ2v) is 20.7. The molecule has 3 aliphatic rings. The third kappa shape index (κ3) is 7.23. The summed E-state index contributed by atoms with van der Waals surface area (Å²) in [4.78, 5) is 41.9. The highest BCUT2D eigenvalue weighted by molar-refractivity contribution is 6.91. The van der Waals surface area contributed by atoms with Crippen molar-refractivity contribution in [2.45, 2.75) is 76.0 Å². The van der Waals surface area contributed by atoms with E-state index in [2.05, 4.69) is 42.5 Å².